The van der Waals surface area contributed by atoms with Gasteiger partial charge >= 0.3 is 0 Å². The molecule has 0 atom stereocenters. The normalized spacial score (nSPS) is 10.2. The molecule has 0 radical (unpaired) electrons. The highest BCUT2D eigenvalue weighted by molar-refractivity contribution is 7.80. The second kappa shape index (κ2) is 5.02. The van der Waals surface area contributed by atoms with E-state index < -0.39 is 0 Å². The Labute approximate surface area is 84.7 Å². The van der Waals surface area contributed by atoms with E-state index >= 15 is 0 Å². The fourth-order valence-corrected chi connectivity index (χ4v) is 1.55. The molecule has 0 aliphatic rings. The van der Waals surface area contributed by atoms with Gasteiger partial charge in [0.2, 0.25) is 0 Å². The van der Waals surface area contributed by atoms with Crippen molar-refractivity contribution in [3.05, 3.63) is 24.0 Å². The van der Waals surface area contributed by atoms with Gasteiger partial charge in [0, 0.05) is 12.7 Å². The van der Waals surface area contributed by atoms with Crippen LogP contribution in [-0.4, -0.2) is 9.56 Å². The summed E-state index contributed by atoms with van der Waals surface area (Å²) < 4.78 is 2.12. The molecule has 1 heterocycles. The lowest BCUT2D eigenvalue weighted by molar-refractivity contribution is 0.602. The van der Waals surface area contributed by atoms with E-state index in [1.807, 2.05) is 18.3 Å². The zero-order valence-electron chi connectivity index (χ0n) is 7.99. The van der Waals surface area contributed by atoms with Gasteiger partial charge in [0.1, 0.15) is 4.99 Å². The van der Waals surface area contributed by atoms with Gasteiger partial charge in [0.25, 0.3) is 0 Å². The van der Waals surface area contributed by atoms with Crippen LogP contribution in [0, 0.1) is 0 Å². The second-order valence-corrected chi connectivity index (χ2v) is 3.60. The third kappa shape index (κ3) is 2.84. The van der Waals surface area contributed by atoms with Crippen molar-refractivity contribution in [1.82, 2.24) is 4.57 Å². The molecule has 2 N–H and O–H groups in total. The fourth-order valence-electron chi connectivity index (χ4n) is 1.36. The van der Waals surface area contributed by atoms with Crippen molar-refractivity contribution in [3.8, 4) is 0 Å². The van der Waals surface area contributed by atoms with Gasteiger partial charge in [-0.1, -0.05) is 32.0 Å². The monoisotopic (exact) mass is 196 g/mol. The molecule has 13 heavy (non-hydrogen) atoms. The highest BCUT2D eigenvalue weighted by atomic mass is 32.1. The largest absolute Gasteiger partial charge is 0.388 e. The highest BCUT2D eigenvalue weighted by Gasteiger charge is 2.01. The van der Waals surface area contributed by atoms with Gasteiger partial charge < -0.3 is 10.3 Å². The number of aryl methyl sites for hydroxylation is 1. The minimum atomic E-state index is 0.487. The van der Waals surface area contributed by atoms with Crippen LogP contribution in [0.25, 0.3) is 0 Å². The number of aromatic nitrogens is 1. The molecule has 0 saturated heterocycles. The molecule has 0 aromatic carbocycles. The average molecular weight is 196 g/mol. The van der Waals surface area contributed by atoms with Crippen molar-refractivity contribution in [1.29, 1.82) is 0 Å². The van der Waals surface area contributed by atoms with Crippen LogP contribution < -0.4 is 5.73 Å². The van der Waals surface area contributed by atoms with Gasteiger partial charge in [-0.05, 0) is 18.6 Å². The first-order valence-electron chi connectivity index (χ1n) is 4.70. The summed E-state index contributed by atoms with van der Waals surface area (Å²) in [6.45, 7) is 3.22. The van der Waals surface area contributed by atoms with Crippen LogP contribution in [0.2, 0.25) is 0 Å². The Morgan fingerprint density at radius 3 is 2.92 bits per heavy atom. The smallest absolute Gasteiger partial charge is 0.120 e. The maximum absolute atomic E-state index is 5.57. The van der Waals surface area contributed by atoms with Crippen LogP contribution in [0.15, 0.2) is 18.3 Å². The average Bonchev–Trinajstić information content (AvgIpc) is 2.53. The minimum absolute atomic E-state index is 0.487. The van der Waals surface area contributed by atoms with Gasteiger partial charge in [-0.2, -0.15) is 0 Å². The van der Waals surface area contributed by atoms with Crippen molar-refractivity contribution in [3.63, 3.8) is 0 Å². The number of rotatable bonds is 5. The number of hydrogen-bond acceptors (Lipinski definition) is 1. The summed E-state index contributed by atoms with van der Waals surface area (Å²) in [5.41, 5.74) is 6.55. The molecule has 0 bridgehead atoms. The van der Waals surface area contributed by atoms with E-state index in [4.69, 9.17) is 18.0 Å². The minimum Gasteiger partial charge on any atom is -0.388 e. The molecule has 1 rings (SSSR count). The molecule has 0 saturated carbocycles. The van der Waals surface area contributed by atoms with Crippen LogP contribution in [-0.2, 0) is 6.54 Å². The molecule has 72 valence electrons. The molecule has 0 aliphatic heterocycles. The van der Waals surface area contributed by atoms with Gasteiger partial charge in [0.05, 0.1) is 5.69 Å². The number of hydrogen-bond donors (Lipinski definition) is 1. The Morgan fingerprint density at radius 2 is 2.31 bits per heavy atom. The van der Waals surface area contributed by atoms with Crippen molar-refractivity contribution in [2.24, 2.45) is 5.73 Å². The summed E-state index contributed by atoms with van der Waals surface area (Å²) in [6, 6.07) is 3.95. The van der Waals surface area contributed by atoms with Crippen LogP contribution in [0.5, 0.6) is 0 Å². The lowest BCUT2D eigenvalue weighted by atomic mass is 10.2. The van der Waals surface area contributed by atoms with E-state index in [1.165, 1.54) is 19.3 Å². The topological polar surface area (TPSA) is 30.9 Å². The fraction of sp³-hybridized carbons (Fsp3) is 0.500. The summed E-state index contributed by atoms with van der Waals surface area (Å²) in [6.07, 6.45) is 5.73. The van der Waals surface area contributed by atoms with E-state index in [2.05, 4.69) is 11.5 Å². The van der Waals surface area contributed by atoms with Crippen molar-refractivity contribution in [2.45, 2.75) is 32.7 Å². The second-order valence-electron chi connectivity index (χ2n) is 3.16. The standard InChI is InChI=1S/C10H16N2S/c1-2-3-4-7-12-8-5-6-9(12)10(11)13/h5-6,8H,2-4,7H2,1H3,(H2,11,13). The molecule has 0 aliphatic carbocycles. The maximum Gasteiger partial charge on any atom is 0.120 e. The molecular weight excluding hydrogens is 180 g/mol. The molecular formula is C10H16N2S. The molecule has 0 spiro atoms. The Hall–Kier alpha value is -0.830. The lowest BCUT2D eigenvalue weighted by Crippen LogP contribution is -2.15. The first-order valence-corrected chi connectivity index (χ1v) is 5.11. The zero-order chi connectivity index (χ0) is 9.68. The van der Waals surface area contributed by atoms with Crippen molar-refractivity contribution >= 4 is 17.2 Å². The third-order valence-corrected chi connectivity index (χ3v) is 2.29. The number of nitrogens with two attached hydrogens (primary N) is 1. The van der Waals surface area contributed by atoms with Crippen molar-refractivity contribution < 1.29 is 0 Å². The van der Waals surface area contributed by atoms with Gasteiger partial charge in [-0.3, -0.25) is 0 Å². The molecule has 3 heteroatoms. The van der Waals surface area contributed by atoms with Gasteiger partial charge in [0.15, 0.2) is 0 Å². The van der Waals surface area contributed by atoms with Crippen LogP contribution in [0.3, 0.4) is 0 Å². The maximum atomic E-state index is 5.57. The number of nitrogens with zero attached hydrogens (tertiary/aromatic N) is 1. The van der Waals surface area contributed by atoms with E-state index in [-0.39, 0.29) is 0 Å². The molecule has 1 aromatic heterocycles. The summed E-state index contributed by atoms with van der Waals surface area (Å²) in [5.74, 6) is 0. The first-order chi connectivity index (χ1) is 6.25. The first kappa shape index (κ1) is 10.3. The van der Waals surface area contributed by atoms with Crippen molar-refractivity contribution in [2.75, 3.05) is 0 Å². The number of unbranched alkanes of at least 4 members (excludes halogenated alkanes) is 2. The zero-order valence-corrected chi connectivity index (χ0v) is 8.81. The Morgan fingerprint density at radius 1 is 1.54 bits per heavy atom. The predicted molar refractivity (Wildman–Crippen MR) is 59.8 cm³/mol. The predicted octanol–water partition coefficient (Wildman–Crippen LogP) is 2.31. The summed E-state index contributed by atoms with van der Waals surface area (Å²) >= 11 is 4.94. The third-order valence-electron chi connectivity index (χ3n) is 2.08. The van der Waals surface area contributed by atoms with Crippen LogP contribution >= 0.6 is 12.2 Å². The highest BCUT2D eigenvalue weighted by Crippen LogP contribution is 2.05. The van der Waals surface area contributed by atoms with Crippen LogP contribution in [0.1, 0.15) is 31.9 Å². The molecule has 1 aromatic rings. The molecule has 0 unspecified atom stereocenters. The van der Waals surface area contributed by atoms with Gasteiger partial charge in [-0.25, -0.2) is 0 Å². The Balaban J connectivity index is 2.55. The quantitative estimate of drug-likeness (QED) is 0.579. The SMILES string of the molecule is CCCCCn1cccc1C(N)=S. The molecule has 2 nitrogen and oxygen atoms in total. The summed E-state index contributed by atoms with van der Waals surface area (Å²) in [4.78, 5) is 0.487. The van der Waals surface area contributed by atoms with E-state index in [1.54, 1.807) is 0 Å². The van der Waals surface area contributed by atoms with E-state index in [0.29, 0.717) is 4.99 Å². The summed E-state index contributed by atoms with van der Waals surface area (Å²) in [7, 11) is 0. The summed E-state index contributed by atoms with van der Waals surface area (Å²) in [5, 5.41) is 0. The van der Waals surface area contributed by atoms with Gasteiger partial charge in [-0.15, -0.1) is 0 Å². The van der Waals surface area contributed by atoms with E-state index in [0.717, 1.165) is 12.2 Å². The lowest BCUT2D eigenvalue weighted by Gasteiger charge is -2.06. The Kier molecular flexibility index (Phi) is 3.96. The molecule has 0 amide bonds. The van der Waals surface area contributed by atoms with Crippen LogP contribution in [0.4, 0.5) is 0 Å². The Bertz CT molecular complexity index is 278. The number of thiocarbonyl (C=S) groups is 1. The molecule has 0 fully saturated rings. The van der Waals surface area contributed by atoms with E-state index in [9.17, 15) is 0 Å².